The molecule has 0 aliphatic carbocycles. The van der Waals surface area contributed by atoms with Crippen molar-refractivity contribution in [2.24, 2.45) is 5.92 Å². The van der Waals surface area contributed by atoms with E-state index in [1.54, 1.807) is 0 Å². The molecule has 0 atom stereocenters. The molecular formula is C14H16F2N2O3. The quantitative estimate of drug-likeness (QED) is 0.896. The standard InChI is InChI=1S/C14H16F2N2O3/c15-11-1-2-12(16)10(7-11)8-17-14(21)18-5-3-9(4-6-18)13(19)20/h1-2,7,9H,3-6,8H2,(H,17,21)(H,19,20). The lowest BCUT2D eigenvalue weighted by atomic mass is 9.97. The van der Waals surface area contributed by atoms with Crippen LogP contribution >= 0.6 is 0 Å². The molecule has 0 aromatic heterocycles. The molecule has 1 saturated heterocycles. The smallest absolute Gasteiger partial charge is 0.317 e. The second-order valence-electron chi connectivity index (χ2n) is 4.99. The molecule has 1 aliphatic heterocycles. The lowest BCUT2D eigenvalue weighted by molar-refractivity contribution is -0.143. The fourth-order valence-corrected chi connectivity index (χ4v) is 2.29. The zero-order valence-electron chi connectivity index (χ0n) is 11.3. The first-order valence-electron chi connectivity index (χ1n) is 6.67. The first-order chi connectivity index (χ1) is 9.97. The van der Waals surface area contributed by atoms with Gasteiger partial charge in [0.25, 0.3) is 0 Å². The minimum Gasteiger partial charge on any atom is -0.481 e. The van der Waals surface area contributed by atoms with Crippen molar-refractivity contribution in [3.8, 4) is 0 Å². The molecule has 1 aromatic rings. The van der Waals surface area contributed by atoms with Gasteiger partial charge in [-0.1, -0.05) is 0 Å². The minimum absolute atomic E-state index is 0.0729. The highest BCUT2D eigenvalue weighted by Gasteiger charge is 2.26. The van der Waals surface area contributed by atoms with E-state index in [2.05, 4.69) is 5.32 Å². The lowest BCUT2D eigenvalue weighted by Crippen LogP contribution is -2.45. The number of benzene rings is 1. The summed E-state index contributed by atoms with van der Waals surface area (Å²) in [6.45, 7) is 0.574. The van der Waals surface area contributed by atoms with E-state index in [0.29, 0.717) is 25.9 Å². The highest BCUT2D eigenvalue weighted by molar-refractivity contribution is 5.75. The molecule has 21 heavy (non-hydrogen) atoms. The highest BCUT2D eigenvalue weighted by atomic mass is 19.1. The molecule has 2 rings (SSSR count). The van der Waals surface area contributed by atoms with E-state index >= 15 is 0 Å². The van der Waals surface area contributed by atoms with Crippen LogP contribution in [0.15, 0.2) is 18.2 Å². The van der Waals surface area contributed by atoms with Gasteiger partial charge in [0, 0.05) is 25.2 Å². The van der Waals surface area contributed by atoms with Crippen molar-refractivity contribution >= 4 is 12.0 Å². The number of carbonyl (C=O) groups is 2. The monoisotopic (exact) mass is 298 g/mol. The van der Waals surface area contributed by atoms with Crippen LogP contribution in [0.5, 0.6) is 0 Å². The second-order valence-corrected chi connectivity index (χ2v) is 4.99. The zero-order chi connectivity index (χ0) is 15.4. The van der Waals surface area contributed by atoms with Crippen molar-refractivity contribution in [3.05, 3.63) is 35.4 Å². The van der Waals surface area contributed by atoms with Crippen LogP contribution < -0.4 is 5.32 Å². The second kappa shape index (κ2) is 6.51. The summed E-state index contributed by atoms with van der Waals surface area (Å²) in [5, 5.41) is 11.4. The third-order valence-corrected chi connectivity index (χ3v) is 3.57. The van der Waals surface area contributed by atoms with Gasteiger partial charge in [0.1, 0.15) is 11.6 Å². The molecule has 2 amide bonds. The van der Waals surface area contributed by atoms with Gasteiger partial charge in [-0.3, -0.25) is 4.79 Å². The van der Waals surface area contributed by atoms with Gasteiger partial charge in [-0.25, -0.2) is 13.6 Å². The molecule has 2 N–H and O–H groups in total. The summed E-state index contributed by atoms with van der Waals surface area (Å²) in [4.78, 5) is 24.2. The van der Waals surface area contributed by atoms with Crippen molar-refractivity contribution in [3.63, 3.8) is 0 Å². The largest absolute Gasteiger partial charge is 0.481 e. The van der Waals surface area contributed by atoms with Crippen LogP contribution in [0, 0.1) is 17.6 Å². The number of carboxylic acids is 1. The number of likely N-dealkylation sites (tertiary alicyclic amines) is 1. The summed E-state index contributed by atoms with van der Waals surface area (Å²) in [6, 6.07) is 2.65. The number of piperidine rings is 1. The molecular weight excluding hydrogens is 282 g/mol. The van der Waals surface area contributed by atoms with Gasteiger partial charge in [0.15, 0.2) is 0 Å². The Labute approximate surface area is 120 Å². The molecule has 0 bridgehead atoms. The van der Waals surface area contributed by atoms with E-state index in [-0.39, 0.29) is 12.1 Å². The van der Waals surface area contributed by atoms with Crippen LogP contribution in [0.3, 0.4) is 0 Å². The Morgan fingerprint density at radius 2 is 1.95 bits per heavy atom. The molecule has 114 valence electrons. The maximum Gasteiger partial charge on any atom is 0.317 e. The fraction of sp³-hybridized carbons (Fsp3) is 0.429. The van der Waals surface area contributed by atoms with E-state index in [9.17, 15) is 18.4 Å². The topological polar surface area (TPSA) is 69.6 Å². The van der Waals surface area contributed by atoms with Crippen molar-refractivity contribution < 1.29 is 23.5 Å². The molecule has 1 fully saturated rings. The van der Waals surface area contributed by atoms with Crippen molar-refractivity contribution in [1.82, 2.24) is 10.2 Å². The summed E-state index contributed by atoms with van der Waals surface area (Å²) < 4.78 is 26.4. The lowest BCUT2D eigenvalue weighted by Gasteiger charge is -2.30. The Morgan fingerprint density at radius 1 is 1.29 bits per heavy atom. The van der Waals surface area contributed by atoms with Crippen LogP contribution in [-0.4, -0.2) is 35.1 Å². The predicted molar refractivity (Wildman–Crippen MR) is 70.5 cm³/mol. The number of nitrogens with zero attached hydrogens (tertiary/aromatic N) is 1. The maximum atomic E-state index is 13.4. The SMILES string of the molecule is O=C(O)C1CCN(C(=O)NCc2cc(F)ccc2F)CC1. The molecule has 0 radical (unpaired) electrons. The Morgan fingerprint density at radius 3 is 2.57 bits per heavy atom. The number of hydrogen-bond donors (Lipinski definition) is 2. The van der Waals surface area contributed by atoms with E-state index in [4.69, 9.17) is 5.11 Å². The van der Waals surface area contributed by atoms with Crippen molar-refractivity contribution in [1.29, 1.82) is 0 Å². The fourth-order valence-electron chi connectivity index (χ4n) is 2.29. The normalized spacial score (nSPS) is 15.8. The predicted octanol–water partition coefficient (Wildman–Crippen LogP) is 1.97. The molecule has 1 aliphatic rings. The average Bonchev–Trinajstić information content (AvgIpc) is 2.48. The molecule has 0 unspecified atom stereocenters. The van der Waals surface area contributed by atoms with Crippen LogP contribution in [0.25, 0.3) is 0 Å². The van der Waals surface area contributed by atoms with Crippen LogP contribution in [0.1, 0.15) is 18.4 Å². The number of halogens is 2. The van der Waals surface area contributed by atoms with Gasteiger partial charge in [-0.15, -0.1) is 0 Å². The molecule has 0 spiro atoms. The molecule has 1 heterocycles. The number of carboxylic acid groups (broad SMARTS) is 1. The number of hydrogen-bond acceptors (Lipinski definition) is 2. The van der Waals surface area contributed by atoms with E-state index in [1.165, 1.54) is 4.90 Å². The third kappa shape index (κ3) is 3.90. The summed E-state index contributed by atoms with van der Waals surface area (Å²) in [5.41, 5.74) is 0.0729. The van der Waals surface area contributed by atoms with Gasteiger partial charge in [-0.05, 0) is 31.0 Å². The van der Waals surface area contributed by atoms with Crippen LogP contribution in [0.2, 0.25) is 0 Å². The highest BCUT2D eigenvalue weighted by Crippen LogP contribution is 2.17. The summed E-state index contributed by atoms with van der Waals surface area (Å²) >= 11 is 0. The van der Waals surface area contributed by atoms with Crippen molar-refractivity contribution in [2.45, 2.75) is 19.4 Å². The first-order valence-corrected chi connectivity index (χ1v) is 6.67. The number of rotatable bonds is 3. The van der Waals surface area contributed by atoms with Crippen LogP contribution in [-0.2, 0) is 11.3 Å². The zero-order valence-corrected chi connectivity index (χ0v) is 11.3. The molecule has 7 heteroatoms. The number of urea groups is 1. The van der Waals surface area contributed by atoms with E-state index < -0.39 is 29.6 Å². The maximum absolute atomic E-state index is 13.4. The number of nitrogens with one attached hydrogen (secondary N) is 1. The van der Waals surface area contributed by atoms with E-state index in [0.717, 1.165) is 18.2 Å². The molecule has 5 nitrogen and oxygen atoms in total. The minimum atomic E-state index is -0.850. The van der Waals surface area contributed by atoms with Crippen molar-refractivity contribution in [2.75, 3.05) is 13.1 Å². The van der Waals surface area contributed by atoms with Crippen LogP contribution in [0.4, 0.5) is 13.6 Å². The first kappa shape index (κ1) is 15.2. The summed E-state index contributed by atoms with van der Waals surface area (Å²) in [5.74, 6) is -2.42. The molecule has 1 aromatic carbocycles. The Bertz CT molecular complexity index is 543. The third-order valence-electron chi connectivity index (χ3n) is 3.57. The van der Waals surface area contributed by atoms with Gasteiger partial charge in [0.2, 0.25) is 0 Å². The average molecular weight is 298 g/mol. The Kier molecular flexibility index (Phi) is 4.72. The number of amides is 2. The Hall–Kier alpha value is -2.18. The van der Waals surface area contributed by atoms with Gasteiger partial charge in [0.05, 0.1) is 5.92 Å². The Balaban J connectivity index is 1.85. The summed E-state index contributed by atoms with van der Waals surface area (Å²) in [7, 11) is 0. The van der Waals surface area contributed by atoms with Gasteiger partial charge >= 0.3 is 12.0 Å². The number of carbonyl (C=O) groups excluding carboxylic acids is 1. The van der Waals surface area contributed by atoms with Gasteiger partial charge in [-0.2, -0.15) is 0 Å². The number of aliphatic carboxylic acids is 1. The van der Waals surface area contributed by atoms with E-state index in [1.807, 2.05) is 0 Å². The van der Waals surface area contributed by atoms with Gasteiger partial charge < -0.3 is 15.3 Å². The molecule has 0 saturated carbocycles. The summed E-state index contributed by atoms with van der Waals surface area (Å²) in [6.07, 6.45) is 0.800.